The Labute approximate surface area is 107 Å². The molecule has 1 fully saturated rings. The topological polar surface area (TPSA) is 63.8 Å². The van der Waals surface area contributed by atoms with E-state index in [2.05, 4.69) is 15.4 Å². The molecule has 0 aromatic carbocycles. The van der Waals surface area contributed by atoms with E-state index in [1.807, 2.05) is 0 Å². The molecule has 0 spiro atoms. The Morgan fingerprint density at radius 1 is 1.28 bits per heavy atom. The third-order valence-corrected chi connectivity index (χ3v) is 3.95. The van der Waals surface area contributed by atoms with Crippen LogP contribution in [-0.2, 0) is 6.18 Å². The molecule has 1 aliphatic carbocycles. The molecule has 1 saturated carbocycles. The number of nitrogens with zero attached hydrogens (tertiary/aromatic N) is 2. The molecule has 0 saturated heterocycles. The molecule has 100 valence electrons. The number of nitrogens with two attached hydrogens (primary N) is 1. The number of halogens is 3. The summed E-state index contributed by atoms with van der Waals surface area (Å²) in [6.07, 6.45) is -0.283. The van der Waals surface area contributed by atoms with Gasteiger partial charge in [-0.2, -0.15) is 13.2 Å². The molecule has 4 nitrogen and oxygen atoms in total. The fraction of sp³-hybridized carbons (Fsp3) is 0.600. The zero-order valence-corrected chi connectivity index (χ0v) is 10.3. The van der Waals surface area contributed by atoms with E-state index < -0.39 is 12.0 Å². The van der Waals surface area contributed by atoms with Crippen LogP contribution in [0.15, 0.2) is 11.1 Å². The van der Waals surface area contributed by atoms with Crippen LogP contribution in [0, 0.1) is 0 Å². The Morgan fingerprint density at radius 2 is 1.94 bits per heavy atom. The molecular formula is C10H13F3N4S. The summed E-state index contributed by atoms with van der Waals surface area (Å²) in [5, 5.41) is 0.656. The Morgan fingerprint density at radius 3 is 2.50 bits per heavy atom. The third kappa shape index (κ3) is 3.26. The standard InChI is InChI=1S/C10H13F3N4S/c11-10(12,13)9-15-7(17-14)5-8(16-9)18-6-3-1-2-4-6/h5-6H,1-4,14H2,(H,15,16,17). The molecule has 0 bridgehead atoms. The molecule has 1 aromatic heterocycles. The second kappa shape index (κ2) is 5.31. The molecule has 0 amide bonds. The number of rotatable bonds is 3. The molecule has 0 atom stereocenters. The maximum atomic E-state index is 12.6. The van der Waals surface area contributed by atoms with Gasteiger partial charge >= 0.3 is 6.18 Å². The fourth-order valence-corrected chi connectivity index (χ4v) is 3.09. The van der Waals surface area contributed by atoms with Gasteiger partial charge in [0.1, 0.15) is 10.8 Å². The number of hydrogen-bond acceptors (Lipinski definition) is 5. The van der Waals surface area contributed by atoms with Gasteiger partial charge in [0.05, 0.1) is 0 Å². The highest BCUT2D eigenvalue weighted by molar-refractivity contribution is 7.99. The first-order valence-electron chi connectivity index (χ1n) is 5.58. The zero-order valence-electron chi connectivity index (χ0n) is 9.50. The van der Waals surface area contributed by atoms with Crippen LogP contribution in [0.4, 0.5) is 19.0 Å². The predicted octanol–water partition coefficient (Wildman–Crippen LogP) is 2.82. The van der Waals surface area contributed by atoms with Crippen LogP contribution < -0.4 is 11.3 Å². The normalized spacial score (nSPS) is 17.1. The lowest BCUT2D eigenvalue weighted by Gasteiger charge is -2.12. The Bertz CT molecular complexity index is 418. The average Bonchev–Trinajstić information content (AvgIpc) is 2.80. The lowest BCUT2D eigenvalue weighted by molar-refractivity contribution is -0.145. The average molecular weight is 278 g/mol. The van der Waals surface area contributed by atoms with Gasteiger partial charge in [-0.15, -0.1) is 11.8 Å². The third-order valence-electron chi connectivity index (χ3n) is 2.69. The molecular weight excluding hydrogens is 265 g/mol. The first kappa shape index (κ1) is 13.4. The van der Waals surface area contributed by atoms with E-state index in [1.165, 1.54) is 17.8 Å². The summed E-state index contributed by atoms with van der Waals surface area (Å²) >= 11 is 1.36. The minimum absolute atomic E-state index is 0.0159. The Hall–Kier alpha value is -1.02. The first-order chi connectivity index (χ1) is 8.49. The molecule has 0 unspecified atom stereocenters. The van der Waals surface area contributed by atoms with Crippen molar-refractivity contribution in [2.24, 2.45) is 5.84 Å². The van der Waals surface area contributed by atoms with Gasteiger partial charge in [0, 0.05) is 11.3 Å². The van der Waals surface area contributed by atoms with Crippen LogP contribution in [0.1, 0.15) is 31.5 Å². The van der Waals surface area contributed by atoms with Crippen LogP contribution in [0.2, 0.25) is 0 Å². The molecule has 0 radical (unpaired) electrons. The van der Waals surface area contributed by atoms with Crippen molar-refractivity contribution in [3.63, 3.8) is 0 Å². The minimum Gasteiger partial charge on any atom is -0.308 e. The zero-order chi connectivity index (χ0) is 13.2. The van der Waals surface area contributed by atoms with Crippen molar-refractivity contribution in [2.75, 3.05) is 5.43 Å². The maximum absolute atomic E-state index is 12.6. The van der Waals surface area contributed by atoms with Crippen molar-refractivity contribution in [1.82, 2.24) is 9.97 Å². The molecule has 0 aliphatic heterocycles. The van der Waals surface area contributed by atoms with Gasteiger partial charge in [-0.05, 0) is 12.8 Å². The minimum atomic E-state index is -4.56. The van der Waals surface area contributed by atoms with E-state index in [-0.39, 0.29) is 5.82 Å². The summed E-state index contributed by atoms with van der Waals surface area (Å²) in [6, 6.07) is 1.44. The van der Waals surface area contributed by atoms with E-state index in [1.54, 1.807) is 0 Å². The molecule has 8 heteroatoms. The van der Waals surface area contributed by atoms with E-state index in [0.717, 1.165) is 25.7 Å². The van der Waals surface area contributed by atoms with Crippen molar-refractivity contribution in [3.05, 3.63) is 11.9 Å². The summed E-state index contributed by atoms with van der Waals surface area (Å²) in [7, 11) is 0. The number of thioether (sulfide) groups is 1. The molecule has 3 N–H and O–H groups in total. The van der Waals surface area contributed by atoms with Gasteiger partial charge in [-0.25, -0.2) is 15.8 Å². The number of nitrogen functional groups attached to an aromatic ring is 1. The monoisotopic (exact) mass is 278 g/mol. The Kier molecular flexibility index (Phi) is 3.96. The lowest BCUT2D eigenvalue weighted by atomic mass is 10.4. The number of aromatic nitrogens is 2. The van der Waals surface area contributed by atoms with Gasteiger partial charge in [-0.1, -0.05) is 12.8 Å². The number of nitrogens with one attached hydrogen (secondary N) is 1. The SMILES string of the molecule is NNc1cc(SC2CCCC2)nc(C(F)(F)F)n1. The number of alkyl halides is 3. The van der Waals surface area contributed by atoms with Crippen molar-refractivity contribution in [1.29, 1.82) is 0 Å². The lowest BCUT2D eigenvalue weighted by Crippen LogP contribution is -2.16. The summed E-state index contributed by atoms with van der Waals surface area (Å²) in [5.41, 5.74) is 2.14. The summed E-state index contributed by atoms with van der Waals surface area (Å²) in [6.45, 7) is 0. The van der Waals surface area contributed by atoms with Gasteiger partial charge in [0.2, 0.25) is 5.82 Å². The van der Waals surface area contributed by atoms with Crippen molar-refractivity contribution >= 4 is 17.6 Å². The van der Waals surface area contributed by atoms with Crippen LogP contribution in [0.3, 0.4) is 0 Å². The van der Waals surface area contributed by atoms with Gasteiger partial charge in [0.15, 0.2) is 0 Å². The maximum Gasteiger partial charge on any atom is 0.451 e. The fourth-order valence-electron chi connectivity index (χ4n) is 1.86. The number of hydrogen-bond donors (Lipinski definition) is 2. The van der Waals surface area contributed by atoms with E-state index >= 15 is 0 Å². The molecule has 1 heterocycles. The van der Waals surface area contributed by atoms with Crippen LogP contribution in [0.25, 0.3) is 0 Å². The highest BCUT2D eigenvalue weighted by Crippen LogP contribution is 2.36. The van der Waals surface area contributed by atoms with Crippen LogP contribution >= 0.6 is 11.8 Å². The highest BCUT2D eigenvalue weighted by Gasteiger charge is 2.35. The molecule has 18 heavy (non-hydrogen) atoms. The van der Waals surface area contributed by atoms with Crippen molar-refractivity contribution in [3.8, 4) is 0 Å². The van der Waals surface area contributed by atoms with Crippen LogP contribution in [0.5, 0.6) is 0 Å². The quantitative estimate of drug-likeness (QED) is 0.505. The second-order valence-corrected chi connectivity index (χ2v) is 5.40. The predicted molar refractivity (Wildman–Crippen MR) is 63.0 cm³/mol. The molecule has 1 aromatic rings. The number of anilines is 1. The van der Waals surface area contributed by atoms with Gasteiger partial charge in [-0.3, -0.25) is 0 Å². The van der Waals surface area contributed by atoms with Crippen molar-refractivity contribution < 1.29 is 13.2 Å². The summed E-state index contributed by atoms with van der Waals surface area (Å²) in [5.74, 6) is 3.95. The summed E-state index contributed by atoms with van der Waals surface area (Å²) in [4.78, 5) is 6.86. The molecule has 1 aliphatic rings. The van der Waals surface area contributed by atoms with E-state index in [4.69, 9.17) is 5.84 Å². The van der Waals surface area contributed by atoms with Gasteiger partial charge < -0.3 is 5.43 Å². The highest BCUT2D eigenvalue weighted by atomic mass is 32.2. The molecule has 2 rings (SSSR count). The number of hydrazine groups is 1. The largest absolute Gasteiger partial charge is 0.451 e. The van der Waals surface area contributed by atoms with E-state index in [9.17, 15) is 13.2 Å². The first-order valence-corrected chi connectivity index (χ1v) is 6.46. The van der Waals surface area contributed by atoms with Crippen molar-refractivity contribution in [2.45, 2.75) is 42.1 Å². The Balaban J connectivity index is 2.23. The van der Waals surface area contributed by atoms with Crippen LogP contribution in [-0.4, -0.2) is 15.2 Å². The van der Waals surface area contributed by atoms with E-state index in [0.29, 0.717) is 10.3 Å². The smallest absolute Gasteiger partial charge is 0.308 e. The summed E-state index contributed by atoms with van der Waals surface area (Å²) < 4.78 is 37.8. The second-order valence-electron chi connectivity index (χ2n) is 4.08. The van der Waals surface area contributed by atoms with Gasteiger partial charge in [0.25, 0.3) is 0 Å².